The monoisotopic (exact) mass is 354 g/mol. The molecule has 0 N–H and O–H groups in total. The van der Waals surface area contributed by atoms with Crippen molar-refractivity contribution < 1.29 is 0 Å². The van der Waals surface area contributed by atoms with Crippen LogP contribution >= 0.6 is 0 Å². The van der Waals surface area contributed by atoms with E-state index in [9.17, 15) is 0 Å². The van der Waals surface area contributed by atoms with Gasteiger partial charge in [-0.05, 0) is 0 Å². The van der Waals surface area contributed by atoms with Crippen LogP contribution in [-0.4, -0.2) is 21.1 Å². The van der Waals surface area contributed by atoms with E-state index in [1.807, 2.05) is 0 Å². The summed E-state index contributed by atoms with van der Waals surface area (Å²) in [5.41, 5.74) is 4.67. The third-order valence-corrected chi connectivity index (χ3v) is 8.07. The molecule has 1 aliphatic heterocycles. The first kappa shape index (κ1) is 13.0. The minimum absolute atomic E-state index is 0.599. The van der Waals surface area contributed by atoms with E-state index < -0.39 is 21.1 Å². The van der Waals surface area contributed by atoms with E-state index in [0.29, 0.717) is 0 Å². The zero-order valence-corrected chi connectivity index (χ0v) is 14.2. The second-order valence-electron chi connectivity index (χ2n) is 4.99. The van der Waals surface area contributed by atoms with Crippen LogP contribution in [0.5, 0.6) is 0 Å². The molecule has 19 heavy (non-hydrogen) atoms. The summed E-state index contributed by atoms with van der Waals surface area (Å²) in [5.74, 6) is 0. The standard InChI is InChI=1S/C18H18.Sn/c1-2-3-12-18(17-13-8-5-9-14-17)15-16-10-6-4-7-11-16;/h4-11,13H,2-3,12H2,1H3;. The van der Waals surface area contributed by atoms with Crippen LogP contribution in [0.3, 0.4) is 0 Å². The summed E-state index contributed by atoms with van der Waals surface area (Å²) in [5, 5.41) is 0. The molecule has 94 valence electrons. The molecule has 2 radical (unpaired) electrons. The molecule has 1 heterocycles. The van der Waals surface area contributed by atoms with E-state index >= 15 is 0 Å². The Bertz CT molecular complexity index is 596. The van der Waals surface area contributed by atoms with Gasteiger partial charge in [0.1, 0.15) is 0 Å². The van der Waals surface area contributed by atoms with Gasteiger partial charge in [-0.3, -0.25) is 0 Å². The molecule has 0 amide bonds. The van der Waals surface area contributed by atoms with Crippen molar-refractivity contribution in [3.63, 3.8) is 0 Å². The van der Waals surface area contributed by atoms with Crippen molar-refractivity contribution in [3.05, 3.63) is 65.7 Å². The Kier molecular flexibility index (Phi) is 4.07. The van der Waals surface area contributed by atoms with Gasteiger partial charge in [0.15, 0.2) is 0 Å². The molecule has 1 heteroatoms. The van der Waals surface area contributed by atoms with Gasteiger partial charge in [0, 0.05) is 0 Å². The third-order valence-electron chi connectivity index (χ3n) is 3.66. The number of fused-ring (bicyclic) bond motifs is 1. The van der Waals surface area contributed by atoms with Gasteiger partial charge in [-0.2, -0.15) is 0 Å². The third kappa shape index (κ3) is 2.64. The summed E-state index contributed by atoms with van der Waals surface area (Å²) in [6, 6.07) is 20.1. The van der Waals surface area contributed by atoms with Gasteiger partial charge in [-0.15, -0.1) is 0 Å². The summed E-state index contributed by atoms with van der Waals surface area (Å²) in [4.78, 5) is 0. The molecule has 0 atom stereocenters. The summed E-state index contributed by atoms with van der Waals surface area (Å²) >= 11 is -0.599. The van der Waals surface area contributed by atoms with Crippen LogP contribution in [0.1, 0.15) is 37.3 Å². The molecule has 0 spiro atoms. The number of rotatable bonds is 4. The van der Waals surface area contributed by atoms with Crippen molar-refractivity contribution in [1.82, 2.24) is 0 Å². The topological polar surface area (TPSA) is 0 Å². The Balaban J connectivity index is 2.05. The van der Waals surface area contributed by atoms with Crippen LogP contribution in [0.4, 0.5) is 0 Å². The molecule has 0 fully saturated rings. The van der Waals surface area contributed by atoms with E-state index in [0.717, 1.165) is 0 Å². The van der Waals surface area contributed by atoms with E-state index in [1.165, 1.54) is 24.8 Å². The van der Waals surface area contributed by atoms with Crippen molar-refractivity contribution in [2.24, 2.45) is 0 Å². The van der Waals surface area contributed by atoms with Crippen molar-refractivity contribution in [2.75, 3.05) is 0 Å². The summed E-state index contributed by atoms with van der Waals surface area (Å²) in [7, 11) is 0. The van der Waals surface area contributed by atoms with Crippen LogP contribution < -0.4 is 3.58 Å². The van der Waals surface area contributed by atoms with Gasteiger partial charge in [0.25, 0.3) is 0 Å². The van der Waals surface area contributed by atoms with E-state index in [-0.39, 0.29) is 0 Å². The van der Waals surface area contributed by atoms with Crippen LogP contribution in [-0.2, 0) is 0 Å². The molecular formula is C18H18Sn. The number of unbranched alkanes of at least 4 members (excludes halogenated alkanes) is 1. The van der Waals surface area contributed by atoms with Gasteiger partial charge in [-0.25, -0.2) is 0 Å². The molecule has 0 aromatic heterocycles. The normalized spacial score (nSPS) is 13.7. The molecule has 1 aliphatic rings. The van der Waals surface area contributed by atoms with E-state index in [4.69, 9.17) is 0 Å². The molecule has 2 aromatic rings. The first-order valence-electron chi connectivity index (χ1n) is 7.05. The van der Waals surface area contributed by atoms with Gasteiger partial charge in [0.05, 0.1) is 0 Å². The Morgan fingerprint density at radius 1 is 0.895 bits per heavy atom. The number of benzene rings is 2. The van der Waals surface area contributed by atoms with Gasteiger partial charge in [-0.1, -0.05) is 0 Å². The molecule has 0 unspecified atom stereocenters. The molecule has 0 aliphatic carbocycles. The number of hydrogen-bond donors (Lipinski definition) is 0. The van der Waals surface area contributed by atoms with Crippen LogP contribution in [0.15, 0.2) is 54.6 Å². The van der Waals surface area contributed by atoms with Crippen molar-refractivity contribution in [3.8, 4) is 0 Å². The summed E-state index contributed by atoms with van der Waals surface area (Å²) in [6.07, 6.45) is 3.83. The van der Waals surface area contributed by atoms with Crippen LogP contribution in [0, 0.1) is 0 Å². The Hall–Kier alpha value is -1.02. The average Bonchev–Trinajstić information content (AvgIpc) is 2.85. The Morgan fingerprint density at radius 3 is 2.42 bits per heavy atom. The quantitative estimate of drug-likeness (QED) is 0.727. The molecular weight excluding hydrogens is 335 g/mol. The van der Waals surface area contributed by atoms with E-state index in [1.54, 1.807) is 18.3 Å². The summed E-state index contributed by atoms with van der Waals surface area (Å²) in [6.45, 7) is 2.28. The van der Waals surface area contributed by atoms with Crippen molar-refractivity contribution >= 4 is 33.9 Å². The SMILES string of the molecule is CCCCC1=[C](c2ccccc2)[Sn][c]2ccccc21. The first-order valence-corrected chi connectivity index (χ1v) is 9.90. The van der Waals surface area contributed by atoms with Crippen molar-refractivity contribution in [2.45, 2.75) is 26.2 Å². The second kappa shape index (κ2) is 5.96. The molecule has 3 rings (SSSR count). The van der Waals surface area contributed by atoms with Crippen LogP contribution in [0.2, 0.25) is 0 Å². The molecule has 0 nitrogen and oxygen atoms in total. The molecule has 0 saturated carbocycles. The molecule has 2 aromatic carbocycles. The Labute approximate surface area is 125 Å². The van der Waals surface area contributed by atoms with Gasteiger partial charge >= 0.3 is 126 Å². The Morgan fingerprint density at radius 2 is 1.63 bits per heavy atom. The minimum atomic E-state index is -0.599. The fraction of sp³-hybridized carbons (Fsp3) is 0.222. The zero-order valence-electron chi connectivity index (χ0n) is 11.3. The van der Waals surface area contributed by atoms with Gasteiger partial charge in [0.2, 0.25) is 0 Å². The maximum atomic E-state index is 2.35. The zero-order chi connectivity index (χ0) is 13.1. The maximum absolute atomic E-state index is 2.35. The van der Waals surface area contributed by atoms with Crippen molar-refractivity contribution in [1.29, 1.82) is 0 Å². The predicted octanol–water partition coefficient (Wildman–Crippen LogP) is 4.09. The molecule has 0 saturated heterocycles. The predicted molar refractivity (Wildman–Crippen MR) is 84.6 cm³/mol. The first-order chi connectivity index (χ1) is 9.40. The fourth-order valence-electron chi connectivity index (χ4n) is 2.66. The molecule has 0 bridgehead atoms. The summed E-state index contributed by atoms with van der Waals surface area (Å²) < 4.78 is 3.37. The van der Waals surface area contributed by atoms with E-state index in [2.05, 4.69) is 61.5 Å². The number of allylic oxidation sites excluding steroid dienone is 1. The van der Waals surface area contributed by atoms with Gasteiger partial charge < -0.3 is 0 Å². The second-order valence-corrected chi connectivity index (χ2v) is 8.67. The number of hydrogen-bond acceptors (Lipinski definition) is 0. The fourth-order valence-corrected chi connectivity index (χ4v) is 7.06. The van der Waals surface area contributed by atoms with Crippen LogP contribution in [0.25, 0.3) is 9.16 Å². The average molecular weight is 353 g/mol.